The number of nitrogens with zero attached hydrogens (tertiary/aromatic N) is 2. The Balaban J connectivity index is 1.36. The van der Waals surface area contributed by atoms with Crippen LogP contribution in [-0.2, 0) is 14.3 Å². The summed E-state index contributed by atoms with van der Waals surface area (Å²) in [6.45, 7) is 4.50. The minimum atomic E-state index is -0.229. The molecule has 0 aliphatic carbocycles. The van der Waals surface area contributed by atoms with E-state index in [0.717, 1.165) is 51.3 Å². The Bertz CT molecular complexity index is 550. The molecule has 2 fully saturated rings. The number of hydrogen-bond acceptors (Lipinski definition) is 4. The molecule has 2 aliphatic rings. The zero-order valence-electron chi connectivity index (χ0n) is 13.9. The highest BCUT2D eigenvalue weighted by molar-refractivity contribution is 5.90. The molecular formula is C18H25N3O3. The highest BCUT2D eigenvalue weighted by Crippen LogP contribution is 2.16. The first-order chi connectivity index (χ1) is 11.7. The van der Waals surface area contributed by atoms with Crippen LogP contribution < -0.4 is 5.32 Å². The van der Waals surface area contributed by atoms with E-state index in [-0.39, 0.29) is 17.9 Å². The third kappa shape index (κ3) is 4.55. The van der Waals surface area contributed by atoms with Crippen molar-refractivity contribution in [3.8, 4) is 0 Å². The van der Waals surface area contributed by atoms with E-state index in [1.807, 2.05) is 35.2 Å². The SMILES string of the molecule is O=C(CCN1CCN(C(=O)[C@H]2CCCO2)CC1)Nc1ccccc1. The first-order valence-corrected chi connectivity index (χ1v) is 8.70. The second-order valence-electron chi connectivity index (χ2n) is 6.33. The van der Waals surface area contributed by atoms with Crippen LogP contribution in [0.15, 0.2) is 30.3 Å². The summed E-state index contributed by atoms with van der Waals surface area (Å²) in [5.41, 5.74) is 0.828. The van der Waals surface area contributed by atoms with Gasteiger partial charge in [-0.05, 0) is 25.0 Å². The third-order valence-corrected chi connectivity index (χ3v) is 4.60. The van der Waals surface area contributed by atoms with Gasteiger partial charge in [-0.15, -0.1) is 0 Å². The van der Waals surface area contributed by atoms with Crippen LogP contribution in [0, 0.1) is 0 Å². The maximum absolute atomic E-state index is 12.3. The molecule has 2 aliphatic heterocycles. The zero-order valence-corrected chi connectivity index (χ0v) is 13.9. The Hall–Kier alpha value is -1.92. The number of hydrogen-bond donors (Lipinski definition) is 1. The van der Waals surface area contributed by atoms with E-state index in [0.29, 0.717) is 13.0 Å². The Morgan fingerprint density at radius 3 is 2.54 bits per heavy atom. The van der Waals surface area contributed by atoms with Crippen molar-refractivity contribution in [3.63, 3.8) is 0 Å². The van der Waals surface area contributed by atoms with Crippen LogP contribution in [0.1, 0.15) is 19.3 Å². The predicted molar refractivity (Wildman–Crippen MR) is 91.7 cm³/mol. The number of amides is 2. The topological polar surface area (TPSA) is 61.9 Å². The molecule has 0 radical (unpaired) electrons. The summed E-state index contributed by atoms with van der Waals surface area (Å²) in [6, 6.07) is 9.49. The van der Waals surface area contributed by atoms with Crippen molar-refractivity contribution >= 4 is 17.5 Å². The normalized spacial score (nSPS) is 21.7. The molecule has 0 saturated carbocycles. The molecule has 1 N–H and O–H groups in total. The minimum absolute atomic E-state index is 0.0269. The van der Waals surface area contributed by atoms with Crippen molar-refractivity contribution in [1.29, 1.82) is 0 Å². The van der Waals surface area contributed by atoms with E-state index in [1.54, 1.807) is 0 Å². The van der Waals surface area contributed by atoms with E-state index >= 15 is 0 Å². The zero-order chi connectivity index (χ0) is 16.8. The summed E-state index contributed by atoms with van der Waals surface area (Å²) in [4.78, 5) is 28.4. The lowest BCUT2D eigenvalue weighted by atomic mass is 10.2. The highest BCUT2D eigenvalue weighted by atomic mass is 16.5. The second kappa shape index (κ2) is 8.26. The lowest BCUT2D eigenvalue weighted by molar-refractivity contribution is -0.142. The summed E-state index contributed by atoms with van der Waals surface area (Å²) < 4.78 is 5.47. The molecule has 6 heteroatoms. The van der Waals surface area contributed by atoms with Gasteiger partial charge in [-0.3, -0.25) is 14.5 Å². The van der Waals surface area contributed by atoms with Gasteiger partial charge in [0.1, 0.15) is 6.10 Å². The van der Waals surface area contributed by atoms with Gasteiger partial charge in [-0.1, -0.05) is 18.2 Å². The van der Waals surface area contributed by atoms with Gasteiger partial charge in [0.15, 0.2) is 0 Å². The average molecular weight is 331 g/mol. The molecule has 3 rings (SSSR count). The number of para-hydroxylation sites is 1. The Kier molecular flexibility index (Phi) is 5.82. The molecule has 6 nitrogen and oxygen atoms in total. The van der Waals surface area contributed by atoms with Crippen molar-refractivity contribution in [2.45, 2.75) is 25.4 Å². The third-order valence-electron chi connectivity index (χ3n) is 4.60. The van der Waals surface area contributed by atoms with Crippen LogP contribution >= 0.6 is 0 Å². The molecule has 2 heterocycles. The van der Waals surface area contributed by atoms with Gasteiger partial charge in [0.25, 0.3) is 5.91 Å². The summed E-state index contributed by atoms with van der Waals surface area (Å²) in [7, 11) is 0. The monoisotopic (exact) mass is 331 g/mol. The molecule has 2 saturated heterocycles. The average Bonchev–Trinajstić information content (AvgIpc) is 3.15. The van der Waals surface area contributed by atoms with Crippen molar-refractivity contribution < 1.29 is 14.3 Å². The molecule has 24 heavy (non-hydrogen) atoms. The van der Waals surface area contributed by atoms with Gasteiger partial charge < -0.3 is 15.0 Å². The van der Waals surface area contributed by atoms with Crippen LogP contribution in [-0.4, -0.2) is 67.0 Å². The van der Waals surface area contributed by atoms with E-state index in [2.05, 4.69) is 10.2 Å². The van der Waals surface area contributed by atoms with Crippen molar-refractivity contribution in [2.75, 3.05) is 44.6 Å². The lowest BCUT2D eigenvalue weighted by Gasteiger charge is -2.35. The number of anilines is 1. The number of benzene rings is 1. The number of carbonyl (C=O) groups is 2. The van der Waals surface area contributed by atoms with E-state index in [9.17, 15) is 9.59 Å². The molecule has 1 atom stereocenters. The van der Waals surface area contributed by atoms with E-state index < -0.39 is 0 Å². The lowest BCUT2D eigenvalue weighted by Crippen LogP contribution is -2.51. The van der Waals surface area contributed by atoms with Crippen LogP contribution in [0.25, 0.3) is 0 Å². The maximum atomic E-state index is 12.3. The minimum Gasteiger partial charge on any atom is -0.368 e. The van der Waals surface area contributed by atoms with Crippen LogP contribution in [0.5, 0.6) is 0 Å². The number of nitrogens with one attached hydrogen (secondary N) is 1. The van der Waals surface area contributed by atoms with Gasteiger partial charge in [-0.2, -0.15) is 0 Å². The molecule has 1 aromatic rings. The Morgan fingerprint density at radius 2 is 1.88 bits per heavy atom. The van der Waals surface area contributed by atoms with Crippen molar-refractivity contribution in [3.05, 3.63) is 30.3 Å². The first kappa shape index (κ1) is 16.9. The van der Waals surface area contributed by atoms with Gasteiger partial charge >= 0.3 is 0 Å². The van der Waals surface area contributed by atoms with Crippen molar-refractivity contribution in [1.82, 2.24) is 9.80 Å². The molecule has 0 spiro atoms. The fourth-order valence-electron chi connectivity index (χ4n) is 3.17. The molecule has 0 bridgehead atoms. The van der Waals surface area contributed by atoms with Gasteiger partial charge in [0, 0.05) is 51.4 Å². The van der Waals surface area contributed by atoms with Gasteiger partial charge in [0.05, 0.1) is 0 Å². The maximum Gasteiger partial charge on any atom is 0.251 e. The predicted octanol–water partition coefficient (Wildman–Crippen LogP) is 1.34. The Labute approximate surface area is 142 Å². The van der Waals surface area contributed by atoms with Crippen LogP contribution in [0.2, 0.25) is 0 Å². The molecule has 2 amide bonds. The number of ether oxygens (including phenoxy) is 1. The summed E-state index contributed by atoms with van der Waals surface area (Å²) in [5, 5.41) is 2.90. The number of rotatable bonds is 5. The number of piperazine rings is 1. The largest absolute Gasteiger partial charge is 0.368 e. The summed E-state index contributed by atoms with van der Waals surface area (Å²) >= 11 is 0. The molecule has 130 valence electrons. The molecule has 1 aromatic carbocycles. The highest BCUT2D eigenvalue weighted by Gasteiger charge is 2.30. The van der Waals surface area contributed by atoms with Crippen LogP contribution in [0.3, 0.4) is 0 Å². The quantitative estimate of drug-likeness (QED) is 0.884. The van der Waals surface area contributed by atoms with E-state index in [1.165, 1.54) is 0 Å². The standard InChI is InChI=1S/C18H25N3O3/c22-17(19-15-5-2-1-3-6-15)8-9-20-10-12-21(13-11-20)18(23)16-7-4-14-24-16/h1-3,5-6,16H,4,7-14H2,(H,19,22)/t16-/m1/s1. The molecular weight excluding hydrogens is 306 g/mol. The van der Waals surface area contributed by atoms with Gasteiger partial charge in [0.2, 0.25) is 5.91 Å². The van der Waals surface area contributed by atoms with Crippen LogP contribution in [0.4, 0.5) is 5.69 Å². The Morgan fingerprint density at radius 1 is 1.12 bits per heavy atom. The van der Waals surface area contributed by atoms with Gasteiger partial charge in [-0.25, -0.2) is 0 Å². The fourth-order valence-corrected chi connectivity index (χ4v) is 3.17. The van der Waals surface area contributed by atoms with E-state index in [4.69, 9.17) is 4.74 Å². The molecule has 0 unspecified atom stereocenters. The second-order valence-corrected chi connectivity index (χ2v) is 6.33. The van der Waals surface area contributed by atoms with Crippen molar-refractivity contribution in [2.24, 2.45) is 0 Å². The summed E-state index contributed by atoms with van der Waals surface area (Å²) in [5.74, 6) is 0.160. The smallest absolute Gasteiger partial charge is 0.251 e. The first-order valence-electron chi connectivity index (χ1n) is 8.70. The molecule has 0 aromatic heterocycles. The number of carbonyl (C=O) groups excluding carboxylic acids is 2. The summed E-state index contributed by atoms with van der Waals surface area (Å²) in [6.07, 6.45) is 2.06. The fraction of sp³-hybridized carbons (Fsp3) is 0.556.